The number of benzene rings is 1. The predicted octanol–water partition coefficient (Wildman–Crippen LogP) is 2.09. The second-order valence-electron chi connectivity index (χ2n) is 6.09. The van der Waals surface area contributed by atoms with Gasteiger partial charge in [-0.15, -0.1) is 0 Å². The lowest BCUT2D eigenvalue weighted by atomic mass is 9.84. The molecule has 1 aliphatic heterocycles. The van der Waals surface area contributed by atoms with Gasteiger partial charge >= 0.3 is 0 Å². The van der Waals surface area contributed by atoms with E-state index in [1.165, 1.54) is 6.26 Å². The number of fused-ring (bicyclic) bond motifs is 1. The fourth-order valence-electron chi connectivity index (χ4n) is 2.53. The molecule has 2 unspecified atom stereocenters. The van der Waals surface area contributed by atoms with E-state index < -0.39 is 20.6 Å². The van der Waals surface area contributed by atoms with Gasteiger partial charge in [0.25, 0.3) is 0 Å². The fraction of sp³-hybridized carbons (Fsp3) is 0.600. The topological polar surface area (TPSA) is 69.4 Å². The van der Waals surface area contributed by atoms with E-state index in [-0.39, 0.29) is 5.92 Å². The summed E-state index contributed by atoms with van der Waals surface area (Å²) in [7, 11) is -3.19. The molecule has 5 heteroatoms. The van der Waals surface area contributed by atoms with Crippen LogP contribution in [0.4, 0.5) is 0 Å². The van der Waals surface area contributed by atoms with E-state index in [1.54, 1.807) is 13.8 Å². The summed E-state index contributed by atoms with van der Waals surface area (Å²) < 4.78 is 28.5. The van der Waals surface area contributed by atoms with Gasteiger partial charge in [0, 0.05) is 12.3 Å². The van der Waals surface area contributed by atoms with Crippen LogP contribution in [0.15, 0.2) is 24.3 Å². The van der Waals surface area contributed by atoms with Crippen molar-refractivity contribution in [2.24, 2.45) is 5.73 Å². The normalized spacial score (nSPS) is 20.9. The second kappa shape index (κ2) is 5.37. The highest BCUT2D eigenvalue weighted by atomic mass is 32.2. The first kappa shape index (κ1) is 15.3. The van der Waals surface area contributed by atoms with Crippen LogP contribution in [0.1, 0.15) is 38.2 Å². The Morgan fingerprint density at radius 2 is 2.05 bits per heavy atom. The van der Waals surface area contributed by atoms with E-state index >= 15 is 0 Å². The van der Waals surface area contributed by atoms with Gasteiger partial charge in [-0.05, 0) is 44.2 Å². The van der Waals surface area contributed by atoms with Gasteiger partial charge in [0.15, 0.2) is 9.84 Å². The lowest BCUT2D eigenvalue weighted by Gasteiger charge is -2.34. The molecule has 2 N–H and O–H groups in total. The van der Waals surface area contributed by atoms with Crippen molar-refractivity contribution in [1.82, 2.24) is 0 Å². The average molecular weight is 297 g/mol. The molecule has 0 fully saturated rings. The highest BCUT2D eigenvalue weighted by Crippen LogP contribution is 2.37. The highest BCUT2D eigenvalue weighted by molar-refractivity contribution is 7.92. The molecular formula is C15H23NO3S. The smallest absolute Gasteiger partial charge is 0.154 e. The van der Waals surface area contributed by atoms with Crippen LogP contribution < -0.4 is 10.5 Å². The first-order chi connectivity index (χ1) is 9.23. The predicted molar refractivity (Wildman–Crippen MR) is 80.8 cm³/mol. The van der Waals surface area contributed by atoms with E-state index in [2.05, 4.69) is 0 Å². The molecule has 2 atom stereocenters. The molecule has 2 rings (SSSR count). The molecule has 112 valence electrons. The minimum absolute atomic E-state index is 0.260. The number of hydrogen-bond donors (Lipinski definition) is 1. The maximum absolute atomic E-state index is 11.9. The number of rotatable bonds is 4. The molecule has 1 aromatic carbocycles. The summed E-state index contributed by atoms with van der Waals surface area (Å²) in [5.41, 5.74) is 7.34. The van der Waals surface area contributed by atoms with E-state index in [4.69, 9.17) is 10.5 Å². The van der Waals surface area contributed by atoms with Crippen molar-refractivity contribution < 1.29 is 13.2 Å². The van der Waals surface area contributed by atoms with Gasteiger partial charge < -0.3 is 10.5 Å². The van der Waals surface area contributed by atoms with E-state index in [0.29, 0.717) is 13.0 Å². The maximum atomic E-state index is 11.9. The molecule has 1 aliphatic rings. The van der Waals surface area contributed by atoms with Crippen LogP contribution in [0.25, 0.3) is 0 Å². The van der Waals surface area contributed by atoms with Crippen LogP contribution >= 0.6 is 0 Å². The molecule has 0 aromatic heterocycles. The van der Waals surface area contributed by atoms with Crippen molar-refractivity contribution in [3.8, 4) is 5.75 Å². The van der Waals surface area contributed by atoms with Crippen molar-refractivity contribution in [2.75, 3.05) is 12.9 Å². The summed E-state index contributed by atoms with van der Waals surface area (Å²) in [5.74, 6) is 1.16. The summed E-state index contributed by atoms with van der Waals surface area (Å²) in [4.78, 5) is 0. The molecule has 0 aliphatic carbocycles. The summed E-state index contributed by atoms with van der Waals surface area (Å²) in [5, 5.41) is 0. The Bertz CT molecular complexity index is 581. The highest BCUT2D eigenvalue weighted by Gasteiger charge is 2.38. The zero-order valence-electron chi connectivity index (χ0n) is 12.3. The third-order valence-electron chi connectivity index (χ3n) is 4.47. The fourth-order valence-corrected chi connectivity index (χ4v) is 3.17. The van der Waals surface area contributed by atoms with E-state index in [1.807, 2.05) is 24.3 Å². The zero-order chi connectivity index (χ0) is 15.0. The molecular weight excluding hydrogens is 274 g/mol. The summed E-state index contributed by atoms with van der Waals surface area (Å²) in [6, 6.07) is 7.53. The first-order valence-corrected chi connectivity index (χ1v) is 8.79. The Hall–Kier alpha value is -1.07. The Morgan fingerprint density at radius 1 is 1.40 bits per heavy atom. The third kappa shape index (κ3) is 2.83. The Balaban J connectivity index is 2.20. The maximum Gasteiger partial charge on any atom is 0.154 e. The van der Waals surface area contributed by atoms with Crippen LogP contribution in [-0.4, -0.2) is 32.1 Å². The standard InChI is InChI=1S/C15H23NO3S/c1-15(2,20(3,17)18)14(16)10-11-8-9-19-13-7-5-4-6-12(11)13/h4-7,11,14H,8-10,16H2,1-3H3. The molecule has 0 saturated carbocycles. The lowest BCUT2D eigenvalue weighted by molar-refractivity contribution is 0.255. The molecule has 0 saturated heterocycles. The van der Waals surface area contributed by atoms with Crippen molar-refractivity contribution in [3.05, 3.63) is 29.8 Å². The van der Waals surface area contributed by atoms with Gasteiger partial charge in [0.05, 0.1) is 11.4 Å². The molecule has 1 aromatic rings. The van der Waals surface area contributed by atoms with Gasteiger partial charge in [-0.25, -0.2) is 8.42 Å². The number of nitrogens with two attached hydrogens (primary N) is 1. The molecule has 0 amide bonds. The lowest BCUT2D eigenvalue weighted by Crippen LogP contribution is -2.49. The summed E-state index contributed by atoms with van der Waals surface area (Å²) in [6.07, 6.45) is 2.79. The molecule has 1 heterocycles. The SMILES string of the molecule is CC(C)(C(N)CC1CCOc2ccccc21)S(C)(=O)=O. The van der Waals surface area contributed by atoms with Gasteiger partial charge in [0.1, 0.15) is 5.75 Å². The summed E-state index contributed by atoms with van der Waals surface area (Å²) in [6.45, 7) is 4.07. The second-order valence-corrected chi connectivity index (χ2v) is 8.69. The number of para-hydroxylation sites is 1. The largest absolute Gasteiger partial charge is 0.493 e. The number of sulfone groups is 1. The van der Waals surface area contributed by atoms with Crippen molar-refractivity contribution in [2.45, 2.75) is 43.4 Å². The monoisotopic (exact) mass is 297 g/mol. The van der Waals surface area contributed by atoms with Crippen LogP contribution in [0.2, 0.25) is 0 Å². The van der Waals surface area contributed by atoms with Crippen molar-refractivity contribution in [1.29, 1.82) is 0 Å². The Kier molecular flexibility index (Phi) is 4.12. The van der Waals surface area contributed by atoms with Gasteiger partial charge in [-0.1, -0.05) is 18.2 Å². The third-order valence-corrected chi connectivity index (χ3v) is 6.68. The van der Waals surface area contributed by atoms with Crippen molar-refractivity contribution >= 4 is 9.84 Å². The number of hydrogen-bond acceptors (Lipinski definition) is 4. The zero-order valence-corrected chi connectivity index (χ0v) is 13.1. The Labute approximate surface area is 121 Å². The summed E-state index contributed by atoms with van der Waals surface area (Å²) >= 11 is 0. The van der Waals surface area contributed by atoms with Gasteiger partial charge in [0.2, 0.25) is 0 Å². The average Bonchev–Trinajstić information content (AvgIpc) is 2.37. The molecule has 20 heavy (non-hydrogen) atoms. The van der Waals surface area contributed by atoms with Crippen LogP contribution in [0, 0.1) is 0 Å². The first-order valence-electron chi connectivity index (χ1n) is 6.90. The molecule has 0 spiro atoms. The molecule has 4 nitrogen and oxygen atoms in total. The van der Waals surface area contributed by atoms with E-state index in [9.17, 15) is 8.42 Å². The number of ether oxygens (including phenoxy) is 1. The molecule has 0 radical (unpaired) electrons. The van der Waals surface area contributed by atoms with Crippen LogP contribution in [-0.2, 0) is 9.84 Å². The quantitative estimate of drug-likeness (QED) is 0.924. The minimum Gasteiger partial charge on any atom is -0.493 e. The van der Waals surface area contributed by atoms with Crippen molar-refractivity contribution in [3.63, 3.8) is 0 Å². The van der Waals surface area contributed by atoms with E-state index in [0.717, 1.165) is 17.7 Å². The van der Waals surface area contributed by atoms with Gasteiger partial charge in [-0.3, -0.25) is 0 Å². The molecule has 0 bridgehead atoms. The van der Waals surface area contributed by atoms with Gasteiger partial charge in [-0.2, -0.15) is 0 Å². The minimum atomic E-state index is -3.19. The Morgan fingerprint density at radius 3 is 2.70 bits per heavy atom. The van der Waals surface area contributed by atoms with Crippen LogP contribution in [0.3, 0.4) is 0 Å². The van der Waals surface area contributed by atoms with Crippen LogP contribution in [0.5, 0.6) is 5.75 Å².